The third-order valence-corrected chi connectivity index (χ3v) is 3.47. The third-order valence-electron chi connectivity index (χ3n) is 3.47. The molecule has 0 aromatic carbocycles. The van der Waals surface area contributed by atoms with E-state index in [1.807, 2.05) is 0 Å². The van der Waals surface area contributed by atoms with Crippen LogP contribution in [0.3, 0.4) is 0 Å². The van der Waals surface area contributed by atoms with Crippen LogP contribution in [0.5, 0.6) is 0 Å². The molecular formula is C11H19NO3. The Kier molecular flexibility index (Phi) is 2.98. The lowest BCUT2D eigenvalue weighted by atomic mass is 9.78. The molecule has 86 valence electrons. The molecule has 1 aliphatic carbocycles. The number of carboxylic acid groups (broad SMARTS) is 1. The molecule has 4 heteroatoms. The Morgan fingerprint density at radius 2 is 1.87 bits per heavy atom. The fourth-order valence-electron chi connectivity index (χ4n) is 2.70. The van der Waals surface area contributed by atoms with Crippen molar-refractivity contribution in [1.29, 1.82) is 0 Å². The number of carboxylic acids is 1. The van der Waals surface area contributed by atoms with Crippen LogP contribution < -0.4 is 0 Å². The zero-order valence-electron chi connectivity index (χ0n) is 9.35. The quantitative estimate of drug-likeness (QED) is 0.742. The van der Waals surface area contributed by atoms with Gasteiger partial charge in [0.15, 0.2) is 0 Å². The number of carbonyl (C=O) groups is 1. The second-order valence-electron chi connectivity index (χ2n) is 4.80. The van der Waals surface area contributed by atoms with E-state index in [0.717, 1.165) is 25.9 Å². The molecule has 4 atom stereocenters. The normalized spacial score (nSPS) is 42.3. The molecule has 0 aromatic rings. The minimum Gasteiger partial charge on any atom is -0.481 e. The van der Waals surface area contributed by atoms with Crippen LogP contribution in [0, 0.1) is 5.92 Å². The van der Waals surface area contributed by atoms with E-state index < -0.39 is 5.97 Å². The summed E-state index contributed by atoms with van der Waals surface area (Å²) in [6.45, 7) is 5.85. The molecule has 0 aromatic heterocycles. The van der Waals surface area contributed by atoms with E-state index >= 15 is 0 Å². The standard InChI is InChI=1S/C11H19NO3/c1-7-5-12(6-8(2)15-7)10-4-3-9(10)11(13)14/h7-10H,3-6H2,1-2H3,(H,13,14)/t7-,8+,9?,10?. The van der Waals surface area contributed by atoms with Crippen molar-refractivity contribution in [2.45, 2.75) is 44.9 Å². The molecular weight excluding hydrogens is 194 g/mol. The molecule has 0 spiro atoms. The van der Waals surface area contributed by atoms with Crippen LogP contribution in [0.15, 0.2) is 0 Å². The topological polar surface area (TPSA) is 49.8 Å². The summed E-state index contributed by atoms with van der Waals surface area (Å²) in [5, 5.41) is 9.01. The molecule has 1 aliphatic heterocycles. The molecule has 1 heterocycles. The minimum atomic E-state index is -0.641. The lowest BCUT2D eigenvalue weighted by Gasteiger charge is -2.46. The van der Waals surface area contributed by atoms with E-state index in [1.165, 1.54) is 0 Å². The molecule has 2 unspecified atom stereocenters. The second kappa shape index (κ2) is 4.10. The molecule has 0 amide bonds. The van der Waals surface area contributed by atoms with Crippen LogP contribution in [-0.2, 0) is 9.53 Å². The maximum atomic E-state index is 10.9. The molecule has 1 saturated carbocycles. The first-order chi connectivity index (χ1) is 7.08. The van der Waals surface area contributed by atoms with Gasteiger partial charge < -0.3 is 9.84 Å². The molecule has 1 saturated heterocycles. The van der Waals surface area contributed by atoms with Gasteiger partial charge >= 0.3 is 5.97 Å². The van der Waals surface area contributed by atoms with Crippen molar-refractivity contribution in [3.63, 3.8) is 0 Å². The Morgan fingerprint density at radius 3 is 2.27 bits per heavy atom. The fraction of sp³-hybridized carbons (Fsp3) is 0.909. The van der Waals surface area contributed by atoms with Gasteiger partial charge in [0, 0.05) is 19.1 Å². The van der Waals surface area contributed by atoms with Crippen LogP contribution in [-0.4, -0.2) is 47.3 Å². The van der Waals surface area contributed by atoms with Crippen LogP contribution in [0.1, 0.15) is 26.7 Å². The Bertz CT molecular complexity index is 246. The molecule has 0 bridgehead atoms. The van der Waals surface area contributed by atoms with E-state index in [1.54, 1.807) is 0 Å². The maximum absolute atomic E-state index is 10.9. The maximum Gasteiger partial charge on any atom is 0.308 e. The Morgan fingerprint density at radius 1 is 1.27 bits per heavy atom. The lowest BCUT2D eigenvalue weighted by molar-refractivity contribution is -0.154. The fourth-order valence-corrected chi connectivity index (χ4v) is 2.70. The van der Waals surface area contributed by atoms with Gasteiger partial charge in [-0.05, 0) is 26.7 Å². The summed E-state index contributed by atoms with van der Waals surface area (Å²) in [4.78, 5) is 13.2. The van der Waals surface area contributed by atoms with Crippen molar-refractivity contribution in [2.75, 3.05) is 13.1 Å². The second-order valence-corrected chi connectivity index (χ2v) is 4.80. The number of ether oxygens (including phenoxy) is 1. The largest absolute Gasteiger partial charge is 0.481 e. The summed E-state index contributed by atoms with van der Waals surface area (Å²) in [5.41, 5.74) is 0. The number of morpholine rings is 1. The number of hydrogen-bond donors (Lipinski definition) is 1. The zero-order valence-corrected chi connectivity index (χ0v) is 9.35. The summed E-state index contributed by atoms with van der Waals surface area (Å²) in [6, 6.07) is 0.247. The predicted octanol–water partition coefficient (Wildman–Crippen LogP) is 0.959. The Hall–Kier alpha value is -0.610. The minimum absolute atomic E-state index is 0.150. The molecule has 1 N–H and O–H groups in total. The van der Waals surface area contributed by atoms with Crippen molar-refractivity contribution < 1.29 is 14.6 Å². The highest BCUT2D eigenvalue weighted by Crippen LogP contribution is 2.33. The van der Waals surface area contributed by atoms with Crippen molar-refractivity contribution in [3.8, 4) is 0 Å². The molecule has 2 aliphatic rings. The monoisotopic (exact) mass is 213 g/mol. The third kappa shape index (κ3) is 2.16. The van der Waals surface area contributed by atoms with Crippen LogP contribution in [0.25, 0.3) is 0 Å². The highest BCUT2D eigenvalue weighted by atomic mass is 16.5. The Labute approximate surface area is 90.2 Å². The first kappa shape index (κ1) is 10.9. The van der Waals surface area contributed by atoms with Gasteiger partial charge in [-0.3, -0.25) is 9.69 Å². The molecule has 15 heavy (non-hydrogen) atoms. The van der Waals surface area contributed by atoms with Gasteiger partial charge in [-0.15, -0.1) is 0 Å². The summed E-state index contributed by atoms with van der Waals surface area (Å²) in [7, 11) is 0. The van der Waals surface area contributed by atoms with Gasteiger partial charge in [0.05, 0.1) is 18.1 Å². The summed E-state index contributed by atoms with van der Waals surface area (Å²) in [6.07, 6.45) is 2.31. The molecule has 4 nitrogen and oxygen atoms in total. The van der Waals surface area contributed by atoms with Gasteiger partial charge in [-0.25, -0.2) is 0 Å². The van der Waals surface area contributed by atoms with Crippen molar-refractivity contribution in [2.24, 2.45) is 5.92 Å². The van der Waals surface area contributed by atoms with Gasteiger partial charge in [0.2, 0.25) is 0 Å². The highest BCUT2D eigenvalue weighted by molar-refractivity contribution is 5.72. The zero-order chi connectivity index (χ0) is 11.0. The average molecular weight is 213 g/mol. The first-order valence-electron chi connectivity index (χ1n) is 5.70. The summed E-state index contributed by atoms with van der Waals surface area (Å²) in [5.74, 6) is -0.791. The SMILES string of the molecule is C[C@@H]1CN(C2CCC2C(=O)O)C[C@H](C)O1. The van der Waals surface area contributed by atoms with Crippen LogP contribution in [0.4, 0.5) is 0 Å². The van der Waals surface area contributed by atoms with Gasteiger partial charge in [-0.1, -0.05) is 0 Å². The number of nitrogens with zero attached hydrogens (tertiary/aromatic N) is 1. The highest BCUT2D eigenvalue weighted by Gasteiger charge is 2.42. The van der Waals surface area contributed by atoms with Gasteiger partial charge in [0.25, 0.3) is 0 Å². The van der Waals surface area contributed by atoms with E-state index in [4.69, 9.17) is 9.84 Å². The van der Waals surface area contributed by atoms with E-state index in [0.29, 0.717) is 0 Å². The first-order valence-corrected chi connectivity index (χ1v) is 5.70. The van der Waals surface area contributed by atoms with Gasteiger partial charge in [-0.2, -0.15) is 0 Å². The average Bonchev–Trinajstić information content (AvgIpc) is 1.97. The van der Waals surface area contributed by atoms with Crippen molar-refractivity contribution in [1.82, 2.24) is 4.90 Å². The predicted molar refractivity (Wildman–Crippen MR) is 55.7 cm³/mol. The van der Waals surface area contributed by atoms with E-state index in [9.17, 15) is 4.79 Å². The Balaban J connectivity index is 1.95. The van der Waals surface area contributed by atoms with Crippen molar-refractivity contribution >= 4 is 5.97 Å². The number of hydrogen-bond acceptors (Lipinski definition) is 3. The number of aliphatic carboxylic acids is 1. The molecule has 2 rings (SSSR count). The van der Waals surface area contributed by atoms with Crippen LogP contribution >= 0.6 is 0 Å². The lowest BCUT2D eigenvalue weighted by Crippen LogP contribution is -2.57. The smallest absolute Gasteiger partial charge is 0.308 e. The number of rotatable bonds is 2. The van der Waals surface area contributed by atoms with Crippen LogP contribution in [0.2, 0.25) is 0 Å². The van der Waals surface area contributed by atoms with E-state index in [2.05, 4.69) is 18.7 Å². The molecule has 2 fully saturated rings. The van der Waals surface area contributed by atoms with Crippen molar-refractivity contribution in [3.05, 3.63) is 0 Å². The van der Waals surface area contributed by atoms with Gasteiger partial charge in [0.1, 0.15) is 0 Å². The summed E-state index contributed by atoms with van der Waals surface area (Å²) >= 11 is 0. The molecule has 0 radical (unpaired) electrons. The van der Waals surface area contributed by atoms with E-state index in [-0.39, 0.29) is 24.2 Å². The summed E-state index contributed by atoms with van der Waals surface area (Å²) < 4.78 is 5.64.